The number of benzene rings is 1. The quantitative estimate of drug-likeness (QED) is 0.853. The fourth-order valence-electron chi connectivity index (χ4n) is 1.96. The summed E-state index contributed by atoms with van der Waals surface area (Å²) in [6, 6.07) is 4.19. The Bertz CT molecular complexity index is 526. The molecule has 0 fully saturated rings. The van der Waals surface area contributed by atoms with Crippen LogP contribution in [0.25, 0.3) is 11.0 Å². The first kappa shape index (κ1) is 12.1. The van der Waals surface area contributed by atoms with Gasteiger partial charge in [-0.15, -0.1) is 0 Å². The predicted octanol–water partition coefficient (Wildman–Crippen LogP) is 3.30. The molecule has 2 N–H and O–H groups in total. The molecule has 3 heteroatoms. The van der Waals surface area contributed by atoms with Gasteiger partial charge in [0.05, 0.1) is 17.6 Å². The number of imidazole rings is 1. The van der Waals surface area contributed by atoms with E-state index in [2.05, 4.69) is 49.8 Å². The molecule has 0 aliphatic rings. The van der Waals surface area contributed by atoms with E-state index in [1.54, 1.807) is 0 Å². The van der Waals surface area contributed by atoms with Crippen LogP contribution in [0.15, 0.2) is 12.1 Å². The molecule has 0 saturated carbocycles. The average Bonchev–Trinajstić information content (AvgIpc) is 2.71. The molecule has 3 nitrogen and oxygen atoms in total. The molecule has 1 aromatic heterocycles. The van der Waals surface area contributed by atoms with Gasteiger partial charge in [-0.3, -0.25) is 0 Å². The standard InChI is InChI=1S/C14H20N2O/c1-8(2)10-5-11(7-17)13-12(6-10)15-14(16-13)9(3)4/h5-6,8-9,17H,7H2,1-4H3,(H,15,16). The van der Waals surface area contributed by atoms with E-state index in [1.165, 1.54) is 5.56 Å². The normalized spacial score (nSPS) is 11.9. The Labute approximate surface area is 102 Å². The number of aliphatic hydroxyl groups excluding tert-OH is 1. The van der Waals surface area contributed by atoms with Gasteiger partial charge in [0.15, 0.2) is 0 Å². The van der Waals surface area contributed by atoms with Crippen molar-refractivity contribution in [1.82, 2.24) is 9.97 Å². The minimum Gasteiger partial charge on any atom is -0.392 e. The van der Waals surface area contributed by atoms with Crippen molar-refractivity contribution in [3.63, 3.8) is 0 Å². The van der Waals surface area contributed by atoms with Crippen LogP contribution < -0.4 is 0 Å². The monoisotopic (exact) mass is 232 g/mol. The lowest BCUT2D eigenvalue weighted by Gasteiger charge is -2.07. The lowest BCUT2D eigenvalue weighted by molar-refractivity contribution is 0.283. The second kappa shape index (κ2) is 4.49. The van der Waals surface area contributed by atoms with E-state index in [9.17, 15) is 5.11 Å². The van der Waals surface area contributed by atoms with Crippen molar-refractivity contribution in [2.75, 3.05) is 0 Å². The largest absolute Gasteiger partial charge is 0.392 e. The van der Waals surface area contributed by atoms with Gasteiger partial charge in [0.1, 0.15) is 5.82 Å². The number of hydrogen-bond donors (Lipinski definition) is 2. The Morgan fingerprint density at radius 2 is 1.88 bits per heavy atom. The number of aliphatic hydroxyl groups is 1. The summed E-state index contributed by atoms with van der Waals surface area (Å²) in [4.78, 5) is 7.91. The lowest BCUT2D eigenvalue weighted by atomic mass is 10.00. The van der Waals surface area contributed by atoms with Crippen molar-refractivity contribution in [2.24, 2.45) is 0 Å². The van der Waals surface area contributed by atoms with Gasteiger partial charge in [-0.05, 0) is 17.5 Å². The van der Waals surface area contributed by atoms with Crippen LogP contribution in [0.4, 0.5) is 0 Å². The fourth-order valence-corrected chi connectivity index (χ4v) is 1.96. The van der Waals surface area contributed by atoms with Crippen molar-refractivity contribution in [2.45, 2.75) is 46.1 Å². The van der Waals surface area contributed by atoms with Crippen LogP contribution in [-0.4, -0.2) is 15.1 Å². The summed E-state index contributed by atoms with van der Waals surface area (Å²) in [7, 11) is 0. The van der Waals surface area contributed by atoms with Gasteiger partial charge in [-0.25, -0.2) is 4.98 Å². The number of aromatic nitrogens is 2. The summed E-state index contributed by atoms with van der Waals surface area (Å²) in [6.45, 7) is 8.57. The first-order valence-corrected chi connectivity index (χ1v) is 6.16. The SMILES string of the molecule is CC(C)c1cc(CO)c2nc(C(C)C)[nH]c2c1. The van der Waals surface area contributed by atoms with Crippen LogP contribution in [0.2, 0.25) is 0 Å². The average molecular weight is 232 g/mol. The van der Waals surface area contributed by atoms with E-state index in [4.69, 9.17) is 0 Å². The highest BCUT2D eigenvalue weighted by Gasteiger charge is 2.12. The molecular weight excluding hydrogens is 212 g/mol. The molecule has 1 heterocycles. The molecule has 0 aliphatic carbocycles. The number of fused-ring (bicyclic) bond motifs is 1. The highest BCUT2D eigenvalue weighted by atomic mass is 16.3. The molecule has 2 rings (SSSR count). The Morgan fingerprint density at radius 1 is 1.18 bits per heavy atom. The third-order valence-corrected chi connectivity index (χ3v) is 3.09. The summed E-state index contributed by atoms with van der Waals surface area (Å²) in [5.41, 5.74) is 4.08. The highest BCUT2D eigenvalue weighted by Crippen LogP contribution is 2.25. The predicted molar refractivity (Wildman–Crippen MR) is 70.2 cm³/mol. The van der Waals surface area contributed by atoms with Crippen LogP contribution >= 0.6 is 0 Å². The zero-order chi connectivity index (χ0) is 12.6. The Morgan fingerprint density at radius 3 is 2.41 bits per heavy atom. The van der Waals surface area contributed by atoms with E-state index in [-0.39, 0.29) is 6.61 Å². The molecular formula is C14H20N2O. The number of aromatic amines is 1. The maximum absolute atomic E-state index is 9.44. The molecule has 0 saturated heterocycles. The maximum atomic E-state index is 9.44. The summed E-state index contributed by atoms with van der Waals surface area (Å²) in [5.74, 6) is 1.81. The second-order valence-corrected chi connectivity index (χ2v) is 5.17. The van der Waals surface area contributed by atoms with Gasteiger partial charge in [0.25, 0.3) is 0 Å². The molecule has 0 aliphatic heterocycles. The molecule has 92 valence electrons. The van der Waals surface area contributed by atoms with Crippen molar-refractivity contribution in [3.8, 4) is 0 Å². The third kappa shape index (κ3) is 2.20. The summed E-state index contributed by atoms with van der Waals surface area (Å²) < 4.78 is 0. The molecule has 0 bridgehead atoms. The molecule has 0 spiro atoms. The highest BCUT2D eigenvalue weighted by molar-refractivity contribution is 5.80. The van der Waals surface area contributed by atoms with Gasteiger partial charge in [0.2, 0.25) is 0 Å². The lowest BCUT2D eigenvalue weighted by Crippen LogP contribution is -1.93. The van der Waals surface area contributed by atoms with Crippen LogP contribution in [0.1, 0.15) is 56.5 Å². The zero-order valence-electron chi connectivity index (χ0n) is 10.9. The zero-order valence-corrected chi connectivity index (χ0v) is 10.9. The molecule has 17 heavy (non-hydrogen) atoms. The summed E-state index contributed by atoms with van der Waals surface area (Å²) in [6.07, 6.45) is 0. The fraction of sp³-hybridized carbons (Fsp3) is 0.500. The van der Waals surface area contributed by atoms with E-state index < -0.39 is 0 Å². The molecule has 2 aromatic rings. The smallest absolute Gasteiger partial charge is 0.109 e. The topological polar surface area (TPSA) is 48.9 Å². The van der Waals surface area contributed by atoms with Crippen LogP contribution in [0, 0.1) is 0 Å². The minimum atomic E-state index is 0.0411. The molecule has 0 unspecified atom stereocenters. The van der Waals surface area contributed by atoms with Gasteiger partial charge in [-0.1, -0.05) is 33.8 Å². The third-order valence-electron chi connectivity index (χ3n) is 3.09. The van der Waals surface area contributed by atoms with E-state index in [0.29, 0.717) is 11.8 Å². The Hall–Kier alpha value is -1.35. The van der Waals surface area contributed by atoms with Crippen LogP contribution in [0.3, 0.4) is 0 Å². The van der Waals surface area contributed by atoms with Gasteiger partial charge >= 0.3 is 0 Å². The van der Waals surface area contributed by atoms with Crippen molar-refractivity contribution in [1.29, 1.82) is 0 Å². The van der Waals surface area contributed by atoms with E-state index in [1.807, 2.05) is 0 Å². The Balaban J connectivity index is 2.65. The van der Waals surface area contributed by atoms with Crippen molar-refractivity contribution >= 4 is 11.0 Å². The van der Waals surface area contributed by atoms with E-state index >= 15 is 0 Å². The minimum absolute atomic E-state index is 0.0411. The van der Waals surface area contributed by atoms with E-state index in [0.717, 1.165) is 22.4 Å². The first-order chi connectivity index (χ1) is 8.02. The molecule has 0 radical (unpaired) electrons. The summed E-state index contributed by atoms with van der Waals surface area (Å²) in [5, 5.41) is 9.44. The number of H-pyrrole nitrogens is 1. The van der Waals surface area contributed by atoms with Crippen molar-refractivity contribution < 1.29 is 5.11 Å². The molecule has 0 amide bonds. The van der Waals surface area contributed by atoms with Crippen molar-refractivity contribution in [3.05, 3.63) is 29.1 Å². The first-order valence-electron chi connectivity index (χ1n) is 6.16. The number of rotatable bonds is 3. The number of nitrogens with one attached hydrogen (secondary N) is 1. The van der Waals surface area contributed by atoms with Crippen LogP contribution in [0.5, 0.6) is 0 Å². The number of hydrogen-bond acceptors (Lipinski definition) is 2. The van der Waals surface area contributed by atoms with Crippen LogP contribution in [-0.2, 0) is 6.61 Å². The molecule has 0 atom stereocenters. The summed E-state index contributed by atoms with van der Waals surface area (Å²) >= 11 is 0. The second-order valence-electron chi connectivity index (χ2n) is 5.17. The molecule has 1 aromatic carbocycles. The van der Waals surface area contributed by atoms with Gasteiger partial charge in [0, 0.05) is 11.5 Å². The number of nitrogens with zero attached hydrogens (tertiary/aromatic N) is 1. The van der Waals surface area contributed by atoms with Gasteiger partial charge in [-0.2, -0.15) is 0 Å². The Kier molecular flexibility index (Phi) is 3.20. The van der Waals surface area contributed by atoms with Gasteiger partial charge < -0.3 is 10.1 Å². The maximum Gasteiger partial charge on any atom is 0.109 e.